The standard InChI is InChI=1S/C15H18Cl2N2O2/c1-3-8-18-15(21)10(2)19-14(20)7-5-11-4-6-12(16)9-13(11)17/h4-7,9-10H,3,8H2,1-2H3,(H,18,21)(H,19,20)/b7-5+/t10-/m0/s1. The van der Waals surface area contributed by atoms with Crippen LogP contribution in [0.4, 0.5) is 0 Å². The third-order valence-electron chi connectivity index (χ3n) is 2.68. The van der Waals surface area contributed by atoms with Crippen molar-refractivity contribution >= 4 is 41.1 Å². The van der Waals surface area contributed by atoms with Gasteiger partial charge in [-0.25, -0.2) is 0 Å². The molecule has 0 spiro atoms. The van der Waals surface area contributed by atoms with E-state index in [1.165, 1.54) is 6.08 Å². The molecule has 0 bridgehead atoms. The van der Waals surface area contributed by atoms with Crippen molar-refractivity contribution in [2.24, 2.45) is 0 Å². The summed E-state index contributed by atoms with van der Waals surface area (Å²) in [6.45, 7) is 4.18. The molecule has 0 heterocycles. The molecular formula is C15H18Cl2N2O2. The summed E-state index contributed by atoms with van der Waals surface area (Å²) in [6, 6.07) is 4.41. The molecule has 1 atom stereocenters. The average molecular weight is 329 g/mol. The zero-order valence-electron chi connectivity index (χ0n) is 12.0. The first-order valence-electron chi connectivity index (χ1n) is 6.65. The Morgan fingerprint density at radius 1 is 1.33 bits per heavy atom. The van der Waals surface area contributed by atoms with Crippen LogP contribution in [-0.2, 0) is 9.59 Å². The van der Waals surface area contributed by atoms with Crippen molar-refractivity contribution < 1.29 is 9.59 Å². The summed E-state index contributed by atoms with van der Waals surface area (Å²) in [5, 5.41) is 6.28. The Balaban J connectivity index is 2.56. The fourth-order valence-electron chi connectivity index (χ4n) is 1.53. The summed E-state index contributed by atoms with van der Waals surface area (Å²) in [5.41, 5.74) is 0.680. The van der Waals surface area contributed by atoms with Gasteiger partial charge in [0.15, 0.2) is 0 Å². The van der Waals surface area contributed by atoms with Crippen LogP contribution in [0.3, 0.4) is 0 Å². The number of rotatable bonds is 6. The van der Waals surface area contributed by atoms with Gasteiger partial charge in [0.25, 0.3) is 0 Å². The lowest BCUT2D eigenvalue weighted by Gasteiger charge is -2.12. The molecule has 0 aliphatic rings. The van der Waals surface area contributed by atoms with Crippen molar-refractivity contribution in [1.29, 1.82) is 0 Å². The molecule has 2 amide bonds. The SMILES string of the molecule is CCCNC(=O)[C@H](C)NC(=O)/C=C/c1ccc(Cl)cc1Cl. The van der Waals surface area contributed by atoms with Crippen LogP contribution < -0.4 is 10.6 Å². The molecule has 114 valence electrons. The Labute approximate surface area is 134 Å². The minimum atomic E-state index is -0.589. The summed E-state index contributed by atoms with van der Waals surface area (Å²) >= 11 is 11.8. The van der Waals surface area contributed by atoms with Gasteiger partial charge in [0.1, 0.15) is 6.04 Å². The highest BCUT2D eigenvalue weighted by Crippen LogP contribution is 2.21. The smallest absolute Gasteiger partial charge is 0.244 e. The van der Waals surface area contributed by atoms with Crippen LogP contribution in [0.15, 0.2) is 24.3 Å². The molecule has 1 aromatic rings. The number of benzene rings is 1. The van der Waals surface area contributed by atoms with E-state index in [-0.39, 0.29) is 11.8 Å². The lowest BCUT2D eigenvalue weighted by atomic mass is 10.2. The van der Waals surface area contributed by atoms with E-state index in [0.29, 0.717) is 22.2 Å². The largest absolute Gasteiger partial charge is 0.354 e. The summed E-state index contributed by atoms with van der Waals surface area (Å²) in [5.74, 6) is -0.566. The molecule has 0 fully saturated rings. The zero-order valence-corrected chi connectivity index (χ0v) is 13.5. The first-order chi connectivity index (χ1) is 9.93. The minimum Gasteiger partial charge on any atom is -0.354 e. The van der Waals surface area contributed by atoms with Crippen LogP contribution in [0.5, 0.6) is 0 Å². The fraction of sp³-hybridized carbons (Fsp3) is 0.333. The van der Waals surface area contributed by atoms with Gasteiger partial charge < -0.3 is 10.6 Å². The number of amides is 2. The van der Waals surface area contributed by atoms with E-state index in [9.17, 15) is 9.59 Å². The number of halogens is 2. The zero-order chi connectivity index (χ0) is 15.8. The van der Waals surface area contributed by atoms with Crippen molar-refractivity contribution in [3.05, 3.63) is 39.9 Å². The number of carbonyl (C=O) groups is 2. The average Bonchev–Trinajstić information content (AvgIpc) is 2.43. The number of hydrogen-bond acceptors (Lipinski definition) is 2. The molecule has 6 heteroatoms. The number of hydrogen-bond donors (Lipinski definition) is 2. The second-order valence-electron chi connectivity index (χ2n) is 4.52. The van der Waals surface area contributed by atoms with Gasteiger partial charge in [-0.2, -0.15) is 0 Å². The Bertz CT molecular complexity index is 544. The van der Waals surface area contributed by atoms with Crippen LogP contribution in [0.2, 0.25) is 10.0 Å². The monoisotopic (exact) mass is 328 g/mol. The normalized spacial score (nSPS) is 12.2. The lowest BCUT2D eigenvalue weighted by molar-refractivity contribution is -0.126. The van der Waals surface area contributed by atoms with Crippen LogP contribution in [0, 0.1) is 0 Å². The maximum Gasteiger partial charge on any atom is 0.244 e. The number of carbonyl (C=O) groups excluding carboxylic acids is 2. The van der Waals surface area contributed by atoms with E-state index in [0.717, 1.165) is 6.42 Å². The molecule has 0 unspecified atom stereocenters. The highest BCUT2D eigenvalue weighted by molar-refractivity contribution is 6.35. The quantitative estimate of drug-likeness (QED) is 0.788. The Hall–Kier alpha value is -1.52. The Morgan fingerprint density at radius 2 is 2.05 bits per heavy atom. The van der Waals surface area contributed by atoms with E-state index in [1.807, 2.05) is 6.92 Å². The van der Waals surface area contributed by atoms with Gasteiger partial charge in [-0.3, -0.25) is 9.59 Å². The van der Waals surface area contributed by atoms with Gasteiger partial charge in [-0.05, 0) is 37.1 Å². The summed E-state index contributed by atoms with van der Waals surface area (Å²) < 4.78 is 0. The van der Waals surface area contributed by atoms with Crippen LogP contribution in [0.1, 0.15) is 25.8 Å². The van der Waals surface area contributed by atoms with Crippen LogP contribution in [-0.4, -0.2) is 24.4 Å². The molecule has 4 nitrogen and oxygen atoms in total. The van der Waals surface area contributed by atoms with Gasteiger partial charge >= 0.3 is 0 Å². The first-order valence-corrected chi connectivity index (χ1v) is 7.41. The molecule has 0 saturated carbocycles. The third kappa shape index (κ3) is 6.19. The maximum absolute atomic E-state index is 11.7. The first kappa shape index (κ1) is 17.5. The van der Waals surface area contributed by atoms with Crippen molar-refractivity contribution in [1.82, 2.24) is 10.6 Å². The number of nitrogens with one attached hydrogen (secondary N) is 2. The molecule has 0 aliphatic carbocycles. The predicted molar refractivity (Wildman–Crippen MR) is 86.4 cm³/mol. The third-order valence-corrected chi connectivity index (χ3v) is 3.24. The van der Waals surface area contributed by atoms with Crippen molar-refractivity contribution in [2.45, 2.75) is 26.3 Å². The van der Waals surface area contributed by atoms with Gasteiger partial charge in [0.2, 0.25) is 11.8 Å². The van der Waals surface area contributed by atoms with Crippen molar-refractivity contribution in [3.8, 4) is 0 Å². The van der Waals surface area contributed by atoms with Crippen molar-refractivity contribution in [3.63, 3.8) is 0 Å². The van der Waals surface area contributed by atoms with E-state index >= 15 is 0 Å². The lowest BCUT2D eigenvalue weighted by Crippen LogP contribution is -2.44. The molecule has 1 aromatic carbocycles. The molecule has 0 aromatic heterocycles. The maximum atomic E-state index is 11.7. The highest BCUT2D eigenvalue weighted by atomic mass is 35.5. The van der Waals surface area contributed by atoms with Gasteiger partial charge in [-0.15, -0.1) is 0 Å². The summed E-state index contributed by atoms with van der Waals surface area (Å²) in [4.78, 5) is 23.4. The second kappa shape index (κ2) is 8.70. The predicted octanol–water partition coefficient (Wildman–Crippen LogP) is 3.04. The van der Waals surface area contributed by atoms with E-state index < -0.39 is 6.04 Å². The molecule has 2 N–H and O–H groups in total. The van der Waals surface area contributed by atoms with Crippen LogP contribution in [0.25, 0.3) is 6.08 Å². The van der Waals surface area contributed by atoms with E-state index in [2.05, 4.69) is 10.6 Å². The molecular weight excluding hydrogens is 311 g/mol. The Kier molecular flexibility index (Phi) is 7.26. The van der Waals surface area contributed by atoms with Crippen LogP contribution >= 0.6 is 23.2 Å². The second-order valence-corrected chi connectivity index (χ2v) is 5.36. The highest BCUT2D eigenvalue weighted by Gasteiger charge is 2.13. The fourth-order valence-corrected chi connectivity index (χ4v) is 2.00. The molecule has 0 radical (unpaired) electrons. The van der Waals surface area contributed by atoms with Gasteiger partial charge in [0, 0.05) is 22.7 Å². The van der Waals surface area contributed by atoms with E-state index in [1.54, 1.807) is 31.2 Å². The van der Waals surface area contributed by atoms with E-state index in [4.69, 9.17) is 23.2 Å². The topological polar surface area (TPSA) is 58.2 Å². The minimum absolute atomic E-state index is 0.205. The molecule has 0 aliphatic heterocycles. The van der Waals surface area contributed by atoms with Crippen molar-refractivity contribution in [2.75, 3.05) is 6.54 Å². The Morgan fingerprint density at radius 3 is 2.67 bits per heavy atom. The van der Waals surface area contributed by atoms with Gasteiger partial charge in [0.05, 0.1) is 0 Å². The molecule has 21 heavy (non-hydrogen) atoms. The summed E-state index contributed by atoms with van der Waals surface area (Å²) in [6.07, 6.45) is 3.75. The molecule has 0 saturated heterocycles. The summed E-state index contributed by atoms with van der Waals surface area (Å²) in [7, 11) is 0. The van der Waals surface area contributed by atoms with Gasteiger partial charge in [-0.1, -0.05) is 36.2 Å². The molecule has 1 rings (SSSR count).